The lowest BCUT2D eigenvalue weighted by atomic mass is 9.87. The number of amides is 1. The van der Waals surface area contributed by atoms with Gasteiger partial charge in [0.2, 0.25) is 5.85 Å². The van der Waals surface area contributed by atoms with Crippen LogP contribution in [0, 0.1) is 5.92 Å². The van der Waals surface area contributed by atoms with Crippen LogP contribution in [0.5, 0.6) is 0 Å². The number of ketones is 1. The molecule has 1 aromatic heterocycles. The highest BCUT2D eigenvalue weighted by atomic mass is 35.5. The zero-order chi connectivity index (χ0) is 35.4. The van der Waals surface area contributed by atoms with Crippen LogP contribution >= 0.6 is 23.2 Å². The number of Topliss-reactive ketones (excluding diaryl/α,β-unsaturated/α-hetero) is 1. The molecule has 2 aromatic carbocycles. The van der Waals surface area contributed by atoms with E-state index in [1.54, 1.807) is 32.4 Å². The third-order valence-electron chi connectivity index (χ3n) is 10.2. The fourth-order valence-corrected chi connectivity index (χ4v) is 8.06. The number of esters is 1. The molecule has 2 saturated heterocycles. The van der Waals surface area contributed by atoms with Crippen LogP contribution < -0.4 is 5.32 Å². The summed E-state index contributed by atoms with van der Waals surface area (Å²) >= 11 is 13.6. The highest BCUT2D eigenvalue weighted by molar-refractivity contribution is 6.36. The number of methoxy groups -OCH3 is 2. The standard InChI is InChI=1S/C37H45Cl2N3O8/c1-4-48-36(45)23-11-13-25(14-12-23)50-37(41-15-7-8-16-41,42-20-32(46-2)33(21-42)47-3)34(43)18-24-17-29(39)30(19-28(24)38)40-35(44)27-22-49-31-10-6-5-9-26(27)31/h5-6,9-10,17,19,22-23,25,32-33H,4,7-8,11-16,18,20-21H2,1-3H3,(H,40,44)/t23?,25?,32-,33+,37?. The molecule has 1 amide bonds. The number of likely N-dealkylation sites (tertiary alicyclic amines) is 2. The fraction of sp³-hybridized carbons (Fsp3) is 0.541. The smallest absolute Gasteiger partial charge is 0.308 e. The van der Waals surface area contributed by atoms with Crippen LogP contribution in [0.4, 0.5) is 5.69 Å². The molecule has 50 heavy (non-hydrogen) atoms. The molecule has 0 bridgehead atoms. The number of hydrogen-bond acceptors (Lipinski definition) is 10. The van der Waals surface area contributed by atoms with Gasteiger partial charge in [-0.25, -0.2) is 0 Å². The maximum Gasteiger partial charge on any atom is 0.308 e. The first-order chi connectivity index (χ1) is 24.2. The number of benzene rings is 2. The van der Waals surface area contributed by atoms with Gasteiger partial charge in [-0.15, -0.1) is 0 Å². The van der Waals surface area contributed by atoms with E-state index in [0.717, 1.165) is 12.8 Å². The zero-order valence-corrected chi connectivity index (χ0v) is 30.3. The average Bonchev–Trinajstić information content (AvgIpc) is 3.90. The molecular formula is C37H45Cl2N3O8. The summed E-state index contributed by atoms with van der Waals surface area (Å²) < 4.78 is 29.5. The SMILES string of the molecule is CCOC(=O)C1CCC(OC(C(=O)Cc2cc(Cl)c(NC(=O)c3coc4ccccc34)cc2Cl)(N2CCCC2)N2C[C@H](OC)[C@H](OC)C2)CC1. The minimum atomic E-state index is -1.42. The summed E-state index contributed by atoms with van der Waals surface area (Å²) in [5.41, 5.74) is 1.79. The summed E-state index contributed by atoms with van der Waals surface area (Å²) in [5, 5.41) is 4.04. The second kappa shape index (κ2) is 16.1. The molecule has 6 rings (SSSR count). The number of carbonyl (C=O) groups excluding carboxylic acids is 3. The van der Waals surface area contributed by atoms with Crippen molar-refractivity contribution < 1.29 is 37.7 Å². The molecule has 11 nitrogen and oxygen atoms in total. The average molecular weight is 731 g/mol. The number of rotatable bonds is 13. The largest absolute Gasteiger partial charge is 0.466 e. The van der Waals surface area contributed by atoms with Crippen LogP contribution in [-0.4, -0.2) is 98.6 Å². The Morgan fingerprint density at radius 3 is 2.28 bits per heavy atom. The van der Waals surface area contributed by atoms with Gasteiger partial charge in [-0.2, -0.15) is 0 Å². The van der Waals surface area contributed by atoms with E-state index < -0.39 is 11.8 Å². The van der Waals surface area contributed by atoms with Gasteiger partial charge in [0.05, 0.1) is 47.1 Å². The second-order valence-electron chi connectivity index (χ2n) is 13.2. The molecule has 1 saturated carbocycles. The quantitative estimate of drug-likeness (QED) is 0.200. The maximum atomic E-state index is 15.0. The minimum absolute atomic E-state index is 0.0698. The van der Waals surface area contributed by atoms with Crippen molar-refractivity contribution >= 4 is 57.5 Å². The molecule has 3 heterocycles. The minimum Gasteiger partial charge on any atom is -0.466 e. The molecule has 3 atom stereocenters. The van der Waals surface area contributed by atoms with Crippen molar-refractivity contribution in [3.05, 3.63) is 63.8 Å². The molecule has 3 aromatic rings. The second-order valence-corrected chi connectivity index (χ2v) is 14.0. The third kappa shape index (κ3) is 7.46. The van der Waals surface area contributed by atoms with Crippen molar-refractivity contribution in [2.75, 3.05) is 52.3 Å². The van der Waals surface area contributed by atoms with Crippen LogP contribution in [0.3, 0.4) is 0 Å². The fourth-order valence-electron chi connectivity index (χ4n) is 7.59. The van der Waals surface area contributed by atoms with E-state index in [4.69, 9.17) is 46.6 Å². The van der Waals surface area contributed by atoms with Gasteiger partial charge in [0.25, 0.3) is 5.91 Å². The van der Waals surface area contributed by atoms with Gasteiger partial charge in [0.1, 0.15) is 11.8 Å². The molecule has 3 fully saturated rings. The topological polar surface area (TPSA) is 120 Å². The first-order valence-electron chi connectivity index (χ1n) is 17.4. The number of para-hydroxylation sites is 1. The van der Waals surface area contributed by atoms with Gasteiger partial charge in [0.15, 0.2) is 5.78 Å². The van der Waals surface area contributed by atoms with E-state index in [1.165, 1.54) is 6.26 Å². The summed E-state index contributed by atoms with van der Waals surface area (Å²) in [6, 6.07) is 10.5. The Balaban J connectivity index is 1.28. The normalized spacial score (nSPS) is 24.3. The lowest BCUT2D eigenvalue weighted by Crippen LogP contribution is -2.67. The number of carbonyl (C=O) groups is 3. The molecule has 1 N–H and O–H groups in total. The molecular weight excluding hydrogens is 685 g/mol. The predicted octanol–water partition coefficient (Wildman–Crippen LogP) is 6.34. The molecule has 3 aliphatic rings. The van der Waals surface area contributed by atoms with Gasteiger partial charge in [-0.05, 0) is 69.2 Å². The highest BCUT2D eigenvalue weighted by Gasteiger charge is 2.56. The lowest BCUT2D eigenvalue weighted by molar-refractivity contribution is -0.254. The van der Waals surface area contributed by atoms with Gasteiger partial charge < -0.3 is 28.7 Å². The van der Waals surface area contributed by atoms with Crippen LogP contribution in [0.25, 0.3) is 11.0 Å². The molecule has 0 radical (unpaired) electrons. The van der Waals surface area contributed by atoms with Crippen LogP contribution in [0.2, 0.25) is 10.0 Å². The number of anilines is 1. The van der Waals surface area contributed by atoms with E-state index >= 15 is 0 Å². The van der Waals surface area contributed by atoms with Crippen molar-refractivity contribution in [3.8, 4) is 0 Å². The highest BCUT2D eigenvalue weighted by Crippen LogP contribution is 2.39. The van der Waals surface area contributed by atoms with Crippen molar-refractivity contribution in [2.24, 2.45) is 5.92 Å². The third-order valence-corrected chi connectivity index (χ3v) is 10.9. The summed E-state index contributed by atoms with van der Waals surface area (Å²) in [7, 11) is 3.29. The Morgan fingerprint density at radius 2 is 1.62 bits per heavy atom. The lowest BCUT2D eigenvalue weighted by Gasteiger charge is -2.48. The Bertz CT molecular complexity index is 1670. The monoisotopic (exact) mass is 729 g/mol. The molecule has 1 unspecified atom stereocenters. The van der Waals surface area contributed by atoms with E-state index in [1.807, 2.05) is 25.1 Å². The van der Waals surface area contributed by atoms with E-state index in [0.29, 0.717) is 86.3 Å². The number of fused-ring (bicyclic) bond motifs is 1. The first-order valence-corrected chi connectivity index (χ1v) is 18.1. The molecule has 0 spiro atoms. The summed E-state index contributed by atoms with van der Waals surface area (Å²) in [6.45, 7) is 4.37. The number of halogens is 2. The van der Waals surface area contributed by atoms with Crippen molar-refractivity contribution in [1.29, 1.82) is 0 Å². The maximum absolute atomic E-state index is 15.0. The first kappa shape index (κ1) is 36.8. The van der Waals surface area contributed by atoms with Gasteiger partial charge in [0, 0.05) is 57.2 Å². The van der Waals surface area contributed by atoms with Gasteiger partial charge in [-0.1, -0.05) is 41.4 Å². The number of nitrogens with zero attached hydrogens (tertiary/aromatic N) is 2. The zero-order valence-electron chi connectivity index (χ0n) is 28.8. The van der Waals surface area contributed by atoms with E-state index in [9.17, 15) is 14.4 Å². The number of hydrogen-bond donors (Lipinski definition) is 1. The predicted molar refractivity (Wildman–Crippen MR) is 190 cm³/mol. The Labute approximate surface area is 302 Å². The van der Waals surface area contributed by atoms with E-state index in [2.05, 4.69) is 15.1 Å². The Kier molecular flexibility index (Phi) is 11.8. The van der Waals surface area contributed by atoms with E-state index in [-0.39, 0.29) is 52.4 Å². The Hall–Kier alpha value is -3.03. The molecule has 1 aliphatic carbocycles. The van der Waals surface area contributed by atoms with Crippen LogP contribution in [0.1, 0.15) is 61.4 Å². The number of furan rings is 1. The summed E-state index contributed by atoms with van der Waals surface area (Å²) in [4.78, 5) is 44.9. The van der Waals surface area contributed by atoms with Gasteiger partial charge >= 0.3 is 5.97 Å². The summed E-state index contributed by atoms with van der Waals surface area (Å²) in [6.07, 6.45) is 4.90. The summed E-state index contributed by atoms with van der Waals surface area (Å²) in [5.74, 6) is -2.36. The Morgan fingerprint density at radius 1 is 0.940 bits per heavy atom. The van der Waals surface area contributed by atoms with Gasteiger partial charge in [-0.3, -0.25) is 24.2 Å². The van der Waals surface area contributed by atoms with Crippen LogP contribution in [-0.2, 0) is 35.0 Å². The number of nitrogens with one attached hydrogen (secondary N) is 1. The molecule has 13 heteroatoms. The molecule has 270 valence electrons. The molecule has 2 aliphatic heterocycles. The van der Waals surface area contributed by atoms with Crippen molar-refractivity contribution in [2.45, 2.75) is 76.0 Å². The van der Waals surface area contributed by atoms with Crippen molar-refractivity contribution in [3.63, 3.8) is 0 Å². The van der Waals surface area contributed by atoms with Crippen LogP contribution in [0.15, 0.2) is 47.1 Å². The number of ether oxygens (including phenoxy) is 4. The van der Waals surface area contributed by atoms with Crippen molar-refractivity contribution in [1.82, 2.24) is 9.80 Å².